The topological polar surface area (TPSA) is 78.7 Å². The van der Waals surface area contributed by atoms with Gasteiger partial charge in [-0.3, -0.25) is 4.79 Å². The monoisotopic (exact) mass is 369 g/mol. The zero-order valence-corrected chi connectivity index (χ0v) is 15.8. The van der Waals surface area contributed by atoms with E-state index < -0.39 is 0 Å². The van der Waals surface area contributed by atoms with E-state index in [9.17, 15) is 9.59 Å². The van der Waals surface area contributed by atoms with Crippen molar-refractivity contribution in [1.29, 1.82) is 0 Å². The van der Waals surface area contributed by atoms with Crippen LogP contribution in [0.25, 0.3) is 5.65 Å². The largest absolute Gasteiger partial charge is 0.356 e. The number of fused-ring (bicyclic) bond motifs is 1. The highest BCUT2D eigenvalue weighted by atomic mass is 16.2. The second kappa shape index (κ2) is 7.21. The predicted molar refractivity (Wildman–Crippen MR) is 102 cm³/mol. The Balaban J connectivity index is 1.31. The minimum absolute atomic E-state index is 0.0264. The lowest BCUT2D eigenvalue weighted by molar-refractivity contribution is -0.121. The Kier molecular flexibility index (Phi) is 4.76. The third-order valence-corrected chi connectivity index (χ3v) is 6.12. The summed E-state index contributed by atoms with van der Waals surface area (Å²) in [5.41, 5.74) is 3.13. The zero-order chi connectivity index (χ0) is 18.9. The van der Waals surface area contributed by atoms with Gasteiger partial charge in [-0.2, -0.15) is 0 Å². The average molecular weight is 369 g/mol. The Morgan fingerprint density at radius 2 is 2.11 bits per heavy atom. The molecule has 0 aromatic carbocycles. The minimum Gasteiger partial charge on any atom is -0.356 e. The molecule has 2 fully saturated rings. The summed E-state index contributed by atoms with van der Waals surface area (Å²) in [6.45, 7) is 4.73. The molecule has 144 valence electrons. The number of aryl methyl sites for hydroxylation is 1. The van der Waals surface area contributed by atoms with E-state index in [1.54, 1.807) is 0 Å². The summed E-state index contributed by atoms with van der Waals surface area (Å²) in [6.07, 6.45) is 8.45. The third kappa shape index (κ3) is 3.77. The van der Waals surface area contributed by atoms with Crippen molar-refractivity contribution >= 4 is 17.6 Å². The van der Waals surface area contributed by atoms with Crippen LogP contribution in [0.15, 0.2) is 24.5 Å². The molecule has 2 aromatic rings. The van der Waals surface area contributed by atoms with Gasteiger partial charge in [0.15, 0.2) is 0 Å². The van der Waals surface area contributed by atoms with Gasteiger partial charge in [0.25, 0.3) is 0 Å². The Labute approximate surface area is 159 Å². The molecule has 0 bridgehead atoms. The summed E-state index contributed by atoms with van der Waals surface area (Å²) in [5.74, 6) is 0.162. The molecule has 4 heterocycles. The maximum Gasteiger partial charge on any atom is 0.317 e. The molecule has 4 rings (SSSR count). The molecule has 0 radical (unpaired) electrons. The maximum absolute atomic E-state index is 12.6. The number of imidazole rings is 1. The van der Waals surface area contributed by atoms with Crippen LogP contribution >= 0.6 is 0 Å². The molecule has 3 amide bonds. The highest BCUT2D eigenvalue weighted by Gasteiger charge is 2.37. The van der Waals surface area contributed by atoms with Crippen LogP contribution in [0, 0.1) is 12.3 Å². The van der Waals surface area contributed by atoms with Crippen LogP contribution in [-0.4, -0.2) is 45.9 Å². The van der Waals surface area contributed by atoms with Crippen LogP contribution < -0.4 is 10.6 Å². The van der Waals surface area contributed by atoms with E-state index in [2.05, 4.69) is 15.6 Å². The van der Waals surface area contributed by atoms with Gasteiger partial charge in [0, 0.05) is 38.4 Å². The van der Waals surface area contributed by atoms with Crippen LogP contribution in [0.2, 0.25) is 0 Å². The fourth-order valence-electron chi connectivity index (χ4n) is 4.31. The summed E-state index contributed by atoms with van der Waals surface area (Å²) >= 11 is 0. The van der Waals surface area contributed by atoms with Gasteiger partial charge in [-0.1, -0.05) is 6.07 Å². The fourth-order valence-corrected chi connectivity index (χ4v) is 4.31. The number of aromatic nitrogens is 2. The molecule has 0 atom stereocenters. The van der Waals surface area contributed by atoms with Crippen molar-refractivity contribution in [3.05, 3.63) is 35.8 Å². The van der Waals surface area contributed by atoms with E-state index in [-0.39, 0.29) is 17.4 Å². The quantitative estimate of drug-likeness (QED) is 0.852. The van der Waals surface area contributed by atoms with Crippen molar-refractivity contribution in [3.8, 4) is 0 Å². The van der Waals surface area contributed by atoms with Gasteiger partial charge < -0.3 is 19.9 Å². The predicted octanol–water partition coefficient (Wildman–Crippen LogP) is 2.23. The molecule has 2 aliphatic heterocycles. The van der Waals surface area contributed by atoms with E-state index in [0.717, 1.165) is 62.2 Å². The third-order valence-electron chi connectivity index (χ3n) is 6.12. The molecular formula is C20H27N5O2. The molecule has 0 unspecified atom stereocenters. The second-order valence-corrected chi connectivity index (χ2v) is 7.90. The van der Waals surface area contributed by atoms with Gasteiger partial charge >= 0.3 is 6.03 Å². The first kappa shape index (κ1) is 17.8. The van der Waals surface area contributed by atoms with Crippen LogP contribution in [0.5, 0.6) is 0 Å². The molecule has 0 saturated carbocycles. The number of piperidine rings is 1. The number of urea groups is 1. The number of carbonyl (C=O) groups excluding carboxylic acids is 2. The van der Waals surface area contributed by atoms with Crippen LogP contribution in [0.4, 0.5) is 4.79 Å². The van der Waals surface area contributed by atoms with Gasteiger partial charge in [0.1, 0.15) is 5.65 Å². The summed E-state index contributed by atoms with van der Waals surface area (Å²) in [5, 5.41) is 5.97. The highest BCUT2D eigenvalue weighted by Crippen LogP contribution is 2.40. The summed E-state index contributed by atoms with van der Waals surface area (Å²) < 4.78 is 1.99. The second-order valence-electron chi connectivity index (χ2n) is 7.90. The van der Waals surface area contributed by atoms with Crippen LogP contribution in [0.1, 0.15) is 43.4 Å². The molecule has 2 saturated heterocycles. The number of likely N-dealkylation sites (tertiary alicyclic amines) is 1. The number of hydrogen-bond acceptors (Lipinski definition) is 3. The Morgan fingerprint density at radius 1 is 1.30 bits per heavy atom. The molecular weight excluding hydrogens is 342 g/mol. The normalized spacial score (nSPS) is 19.7. The summed E-state index contributed by atoms with van der Waals surface area (Å²) in [6, 6.07) is 4.00. The van der Waals surface area contributed by atoms with Gasteiger partial charge in [-0.05, 0) is 49.7 Å². The first-order chi connectivity index (χ1) is 13.0. The van der Waals surface area contributed by atoms with Crippen molar-refractivity contribution in [2.24, 2.45) is 5.41 Å². The standard InChI is InChI=1S/C20H27N5O2/c1-15-3-2-10-25-14-16(23-18(15)25)13-22-19(27)24-11-7-20(8-12-24)5-4-17(26)21-9-6-20/h2-3,10,14H,4-9,11-13H2,1H3,(H,21,26)(H,22,27). The Hall–Kier alpha value is -2.57. The number of hydrogen-bond donors (Lipinski definition) is 2. The minimum atomic E-state index is -0.0264. The number of nitrogens with zero attached hydrogens (tertiary/aromatic N) is 3. The van der Waals surface area contributed by atoms with E-state index >= 15 is 0 Å². The molecule has 7 nitrogen and oxygen atoms in total. The Morgan fingerprint density at radius 3 is 2.89 bits per heavy atom. The molecule has 0 aliphatic carbocycles. The Bertz CT molecular complexity index is 851. The molecule has 2 aromatic heterocycles. The van der Waals surface area contributed by atoms with Gasteiger partial charge in [0.2, 0.25) is 5.91 Å². The lowest BCUT2D eigenvalue weighted by Crippen LogP contribution is -2.47. The van der Waals surface area contributed by atoms with E-state index in [0.29, 0.717) is 13.0 Å². The number of rotatable bonds is 2. The van der Waals surface area contributed by atoms with Crippen molar-refractivity contribution in [3.63, 3.8) is 0 Å². The fraction of sp³-hybridized carbons (Fsp3) is 0.550. The SMILES string of the molecule is Cc1cccn2cc(CNC(=O)N3CCC4(CCNC(=O)CC4)CC3)nc12. The lowest BCUT2D eigenvalue weighted by atomic mass is 9.73. The first-order valence-electron chi connectivity index (χ1n) is 9.77. The van der Waals surface area contributed by atoms with Crippen molar-refractivity contribution in [2.45, 2.75) is 45.6 Å². The van der Waals surface area contributed by atoms with Crippen LogP contribution in [0.3, 0.4) is 0 Å². The van der Waals surface area contributed by atoms with Crippen LogP contribution in [-0.2, 0) is 11.3 Å². The smallest absolute Gasteiger partial charge is 0.317 e. The summed E-state index contributed by atoms with van der Waals surface area (Å²) in [7, 11) is 0. The number of carbonyl (C=O) groups is 2. The van der Waals surface area contributed by atoms with E-state index in [1.807, 2.05) is 40.8 Å². The molecule has 2 aliphatic rings. The molecule has 1 spiro atoms. The van der Waals surface area contributed by atoms with Crippen molar-refractivity contribution < 1.29 is 9.59 Å². The van der Waals surface area contributed by atoms with Gasteiger partial charge in [0.05, 0.1) is 12.2 Å². The molecule has 27 heavy (non-hydrogen) atoms. The van der Waals surface area contributed by atoms with Crippen molar-refractivity contribution in [2.75, 3.05) is 19.6 Å². The number of pyridine rings is 1. The molecule has 7 heteroatoms. The first-order valence-corrected chi connectivity index (χ1v) is 9.77. The van der Waals surface area contributed by atoms with E-state index in [4.69, 9.17) is 0 Å². The van der Waals surface area contributed by atoms with Gasteiger partial charge in [-0.25, -0.2) is 9.78 Å². The van der Waals surface area contributed by atoms with E-state index in [1.165, 1.54) is 0 Å². The summed E-state index contributed by atoms with van der Waals surface area (Å²) in [4.78, 5) is 30.7. The number of nitrogens with one attached hydrogen (secondary N) is 2. The highest BCUT2D eigenvalue weighted by molar-refractivity contribution is 5.76. The zero-order valence-electron chi connectivity index (χ0n) is 15.8. The van der Waals surface area contributed by atoms with Gasteiger partial charge in [-0.15, -0.1) is 0 Å². The van der Waals surface area contributed by atoms with Crippen molar-refractivity contribution in [1.82, 2.24) is 24.9 Å². The maximum atomic E-state index is 12.6. The number of amides is 3. The lowest BCUT2D eigenvalue weighted by Gasteiger charge is -2.41. The molecule has 2 N–H and O–H groups in total. The average Bonchev–Trinajstić information content (AvgIpc) is 3.01.